The van der Waals surface area contributed by atoms with Gasteiger partial charge >= 0.3 is 0 Å². The molecule has 2 aliphatic rings. The molecule has 17 heavy (non-hydrogen) atoms. The Morgan fingerprint density at radius 3 is 3.06 bits per heavy atom. The Kier molecular flexibility index (Phi) is 2.89. The van der Waals surface area contributed by atoms with Crippen molar-refractivity contribution in [2.45, 2.75) is 18.9 Å². The molecule has 2 heterocycles. The maximum absolute atomic E-state index is 3.86. The summed E-state index contributed by atoms with van der Waals surface area (Å²) in [7, 11) is 0. The molecule has 0 amide bonds. The highest BCUT2D eigenvalue weighted by Crippen LogP contribution is 2.33. The molecule has 2 nitrogen and oxygen atoms in total. The SMILES string of the molecule is C=CCN1CCCN2c3ccccc3CC2C1. The lowest BCUT2D eigenvalue weighted by Gasteiger charge is -2.26. The van der Waals surface area contributed by atoms with Crippen LogP contribution in [0, 0.1) is 0 Å². The quantitative estimate of drug-likeness (QED) is 0.717. The van der Waals surface area contributed by atoms with Gasteiger partial charge in [-0.3, -0.25) is 4.90 Å². The first-order valence-corrected chi connectivity index (χ1v) is 6.56. The lowest BCUT2D eigenvalue weighted by atomic mass is 10.1. The molecule has 3 rings (SSSR count). The van der Waals surface area contributed by atoms with Crippen LogP contribution in [0.15, 0.2) is 36.9 Å². The molecule has 0 spiro atoms. The van der Waals surface area contributed by atoms with Crippen LogP contribution >= 0.6 is 0 Å². The van der Waals surface area contributed by atoms with Crippen molar-refractivity contribution < 1.29 is 0 Å². The Balaban J connectivity index is 1.82. The lowest BCUT2D eigenvalue weighted by molar-refractivity contribution is 0.302. The number of anilines is 1. The summed E-state index contributed by atoms with van der Waals surface area (Å²) in [4.78, 5) is 5.14. The van der Waals surface area contributed by atoms with E-state index in [9.17, 15) is 0 Å². The predicted molar refractivity (Wildman–Crippen MR) is 72.5 cm³/mol. The number of hydrogen-bond donors (Lipinski definition) is 0. The van der Waals surface area contributed by atoms with Gasteiger partial charge in [-0.05, 0) is 24.5 Å². The van der Waals surface area contributed by atoms with Crippen molar-refractivity contribution in [1.82, 2.24) is 4.90 Å². The highest BCUT2D eigenvalue weighted by atomic mass is 15.3. The Morgan fingerprint density at radius 2 is 2.18 bits per heavy atom. The van der Waals surface area contributed by atoms with Crippen LogP contribution in [-0.4, -0.2) is 37.1 Å². The summed E-state index contributed by atoms with van der Waals surface area (Å²) in [5, 5.41) is 0. The van der Waals surface area contributed by atoms with Crippen molar-refractivity contribution in [2.24, 2.45) is 0 Å². The summed E-state index contributed by atoms with van der Waals surface area (Å²) < 4.78 is 0. The van der Waals surface area contributed by atoms with Crippen molar-refractivity contribution >= 4 is 5.69 Å². The fourth-order valence-corrected chi connectivity index (χ4v) is 3.19. The van der Waals surface area contributed by atoms with E-state index < -0.39 is 0 Å². The molecule has 0 aromatic heterocycles. The molecule has 0 saturated carbocycles. The maximum Gasteiger partial charge on any atom is 0.0458 e. The second-order valence-electron chi connectivity index (χ2n) is 5.08. The summed E-state index contributed by atoms with van der Waals surface area (Å²) in [6, 6.07) is 9.55. The lowest BCUT2D eigenvalue weighted by Crippen LogP contribution is -2.38. The van der Waals surface area contributed by atoms with E-state index in [1.165, 1.54) is 43.7 Å². The average Bonchev–Trinajstić information content (AvgIpc) is 2.55. The minimum atomic E-state index is 0.676. The predicted octanol–water partition coefficient (Wildman–Crippen LogP) is 2.31. The monoisotopic (exact) mass is 228 g/mol. The van der Waals surface area contributed by atoms with Crippen LogP contribution in [0.5, 0.6) is 0 Å². The third-order valence-corrected chi connectivity index (χ3v) is 3.93. The van der Waals surface area contributed by atoms with E-state index in [1.807, 2.05) is 6.08 Å². The van der Waals surface area contributed by atoms with Crippen LogP contribution in [0.25, 0.3) is 0 Å². The van der Waals surface area contributed by atoms with Crippen molar-refractivity contribution in [3.8, 4) is 0 Å². The van der Waals surface area contributed by atoms with Crippen LogP contribution in [0.2, 0.25) is 0 Å². The van der Waals surface area contributed by atoms with E-state index >= 15 is 0 Å². The van der Waals surface area contributed by atoms with Gasteiger partial charge in [-0.25, -0.2) is 0 Å². The number of fused-ring (bicyclic) bond motifs is 3. The smallest absolute Gasteiger partial charge is 0.0458 e. The van der Waals surface area contributed by atoms with Gasteiger partial charge in [0.15, 0.2) is 0 Å². The minimum absolute atomic E-state index is 0.676. The Labute approximate surface area is 104 Å². The third-order valence-electron chi connectivity index (χ3n) is 3.93. The van der Waals surface area contributed by atoms with Crippen molar-refractivity contribution in [2.75, 3.05) is 31.1 Å². The highest BCUT2D eigenvalue weighted by molar-refractivity contribution is 5.59. The van der Waals surface area contributed by atoms with Crippen LogP contribution in [0.3, 0.4) is 0 Å². The van der Waals surface area contributed by atoms with Crippen molar-refractivity contribution in [1.29, 1.82) is 0 Å². The molecule has 0 bridgehead atoms. The number of hydrogen-bond acceptors (Lipinski definition) is 2. The van der Waals surface area contributed by atoms with Gasteiger partial charge in [0.05, 0.1) is 0 Å². The zero-order valence-electron chi connectivity index (χ0n) is 10.3. The summed E-state index contributed by atoms with van der Waals surface area (Å²) in [5.41, 5.74) is 3.00. The van der Waals surface area contributed by atoms with Crippen LogP contribution in [0.4, 0.5) is 5.69 Å². The summed E-state index contributed by atoms with van der Waals surface area (Å²) >= 11 is 0. The van der Waals surface area contributed by atoms with Gasteiger partial charge in [-0.2, -0.15) is 0 Å². The Morgan fingerprint density at radius 1 is 1.29 bits per heavy atom. The molecule has 0 aliphatic carbocycles. The second kappa shape index (κ2) is 4.53. The van der Waals surface area contributed by atoms with Gasteiger partial charge < -0.3 is 4.90 Å². The first-order chi connectivity index (χ1) is 8.38. The molecule has 90 valence electrons. The molecule has 1 saturated heterocycles. The minimum Gasteiger partial charge on any atom is -0.367 e. The van der Waals surface area contributed by atoms with Gasteiger partial charge in [-0.1, -0.05) is 24.3 Å². The number of nitrogens with zero attached hydrogens (tertiary/aromatic N) is 2. The van der Waals surface area contributed by atoms with Crippen LogP contribution < -0.4 is 4.90 Å². The second-order valence-corrected chi connectivity index (χ2v) is 5.08. The zero-order chi connectivity index (χ0) is 11.7. The van der Waals surface area contributed by atoms with E-state index in [0.29, 0.717) is 6.04 Å². The van der Waals surface area contributed by atoms with E-state index in [0.717, 1.165) is 6.54 Å². The largest absolute Gasteiger partial charge is 0.367 e. The maximum atomic E-state index is 3.86. The van der Waals surface area contributed by atoms with Gasteiger partial charge in [0.25, 0.3) is 0 Å². The third kappa shape index (κ3) is 1.98. The molecule has 0 N–H and O–H groups in total. The fourth-order valence-electron chi connectivity index (χ4n) is 3.19. The zero-order valence-corrected chi connectivity index (χ0v) is 10.3. The normalized spacial score (nSPS) is 24.0. The fraction of sp³-hybridized carbons (Fsp3) is 0.467. The average molecular weight is 228 g/mol. The van der Waals surface area contributed by atoms with Gasteiger partial charge in [0.2, 0.25) is 0 Å². The molecular formula is C15H20N2. The number of benzene rings is 1. The van der Waals surface area contributed by atoms with Gasteiger partial charge in [0.1, 0.15) is 0 Å². The topological polar surface area (TPSA) is 6.48 Å². The van der Waals surface area contributed by atoms with Gasteiger partial charge in [0, 0.05) is 37.9 Å². The van der Waals surface area contributed by atoms with Crippen molar-refractivity contribution in [3.05, 3.63) is 42.5 Å². The highest BCUT2D eigenvalue weighted by Gasteiger charge is 2.31. The molecule has 2 heteroatoms. The molecule has 1 aromatic carbocycles. The summed E-state index contributed by atoms with van der Waals surface area (Å²) in [6.45, 7) is 8.48. The number of rotatable bonds is 2. The van der Waals surface area contributed by atoms with Gasteiger partial charge in [-0.15, -0.1) is 6.58 Å². The molecule has 0 radical (unpaired) electrons. The molecule has 2 aliphatic heterocycles. The molecular weight excluding hydrogens is 208 g/mol. The molecule has 1 unspecified atom stereocenters. The molecule has 1 aromatic rings. The van der Waals surface area contributed by atoms with Crippen LogP contribution in [-0.2, 0) is 6.42 Å². The first kappa shape index (κ1) is 10.8. The summed E-state index contributed by atoms with van der Waals surface area (Å²) in [6.07, 6.45) is 4.50. The standard InChI is InChI=1S/C15H20N2/c1-2-8-16-9-5-10-17-14(12-16)11-13-6-3-4-7-15(13)17/h2-4,6-7,14H,1,5,8-12H2. The number of para-hydroxylation sites is 1. The molecule has 1 atom stereocenters. The molecule has 1 fully saturated rings. The van der Waals surface area contributed by atoms with E-state index in [1.54, 1.807) is 0 Å². The Bertz CT molecular complexity index is 413. The van der Waals surface area contributed by atoms with E-state index in [-0.39, 0.29) is 0 Å². The van der Waals surface area contributed by atoms with E-state index in [4.69, 9.17) is 0 Å². The Hall–Kier alpha value is -1.28. The van der Waals surface area contributed by atoms with Crippen LogP contribution in [0.1, 0.15) is 12.0 Å². The van der Waals surface area contributed by atoms with Crippen molar-refractivity contribution in [3.63, 3.8) is 0 Å². The van der Waals surface area contributed by atoms with E-state index in [2.05, 4.69) is 40.6 Å². The first-order valence-electron chi connectivity index (χ1n) is 6.56. The summed E-state index contributed by atoms with van der Waals surface area (Å²) in [5.74, 6) is 0.